The fourth-order valence-electron chi connectivity index (χ4n) is 2.14. The smallest absolute Gasteiger partial charge is 0.336 e. The van der Waals surface area contributed by atoms with E-state index in [-0.39, 0.29) is 6.42 Å². The van der Waals surface area contributed by atoms with Crippen LogP contribution in [0.25, 0.3) is 11.0 Å². The minimum Gasteiger partial charge on any atom is -0.496 e. The largest absolute Gasteiger partial charge is 0.496 e. The van der Waals surface area contributed by atoms with Crippen molar-refractivity contribution in [1.29, 1.82) is 0 Å². The fraction of sp³-hybridized carbons (Fsp3) is 0.312. The van der Waals surface area contributed by atoms with Crippen molar-refractivity contribution in [1.82, 2.24) is 0 Å². The molecule has 0 aliphatic carbocycles. The van der Waals surface area contributed by atoms with Gasteiger partial charge in [-0.25, -0.2) is 4.79 Å². The van der Waals surface area contributed by atoms with E-state index in [1.807, 2.05) is 0 Å². The van der Waals surface area contributed by atoms with Crippen LogP contribution in [-0.4, -0.2) is 25.4 Å². The second kappa shape index (κ2) is 6.01. The van der Waals surface area contributed by atoms with E-state index in [1.165, 1.54) is 20.3 Å². The number of aliphatic hydroxyl groups is 1. The van der Waals surface area contributed by atoms with E-state index in [1.54, 1.807) is 19.1 Å². The Labute approximate surface area is 122 Å². The molecule has 2 rings (SSSR count). The van der Waals surface area contributed by atoms with Crippen molar-refractivity contribution >= 4 is 11.0 Å². The van der Waals surface area contributed by atoms with E-state index < -0.39 is 11.7 Å². The quantitative estimate of drug-likeness (QED) is 0.676. The molecule has 2 aromatic rings. The summed E-state index contributed by atoms with van der Waals surface area (Å²) in [7, 11) is 3.04. The van der Waals surface area contributed by atoms with Crippen molar-refractivity contribution in [3.63, 3.8) is 0 Å². The highest BCUT2D eigenvalue weighted by molar-refractivity contribution is 5.88. The summed E-state index contributed by atoms with van der Waals surface area (Å²) in [5.41, 5.74) is 1.13. The summed E-state index contributed by atoms with van der Waals surface area (Å²) in [6.45, 7) is 5.47. The van der Waals surface area contributed by atoms with Crippen LogP contribution in [0.3, 0.4) is 0 Å². The Kier molecular flexibility index (Phi) is 4.33. The Morgan fingerprint density at radius 3 is 2.57 bits per heavy atom. The predicted octanol–water partition coefficient (Wildman–Crippen LogP) is 2.29. The highest BCUT2D eigenvalue weighted by atomic mass is 16.5. The van der Waals surface area contributed by atoms with Crippen LogP contribution in [0, 0.1) is 0 Å². The molecular formula is C16H18O5. The fourth-order valence-corrected chi connectivity index (χ4v) is 2.14. The van der Waals surface area contributed by atoms with Crippen molar-refractivity contribution in [2.75, 3.05) is 14.2 Å². The van der Waals surface area contributed by atoms with Crippen molar-refractivity contribution in [2.24, 2.45) is 0 Å². The molecule has 0 saturated carbocycles. The SMILES string of the molecule is C=C(C)[C@H](O)Cc1c(OC)cc(OC)c2ccc(=O)oc12. The van der Waals surface area contributed by atoms with Gasteiger partial charge in [-0.15, -0.1) is 0 Å². The van der Waals surface area contributed by atoms with Gasteiger partial charge in [0.2, 0.25) is 0 Å². The average molecular weight is 290 g/mol. The van der Waals surface area contributed by atoms with Gasteiger partial charge in [-0.3, -0.25) is 0 Å². The van der Waals surface area contributed by atoms with Gasteiger partial charge in [0.25, 0.3) is 0 Å². The summed E-state index contributed by atoms with van der Waals surface area (Å²) in [5, 5.41) is 10.7. The second-order valence-corrected chi connectivity index (χ2v) is 4.82. The highest BCUT2D eigenvalue weighted by Crippen LogP contribution is 2.36. The molecule has 1 aromatic carbocycles. The number of methoxy groups -OCH3 is 2. The molecule has 112 valence electrons. The molecule has 0 unspecified atom stereocenters. The molecule has 1 heterocycles. The zero-order valence-electron chi connectivity index (χ0n) is 12.3. The van der Waals surface area contributed by atoms with Gasteiger partial charge in [-0.2, -0.15) is 0 Å². The third kappa shape index (κ3) is 2.92. The molecule has 0 radical (unpaired) electrons. The van der Waals surface area contributed by atoms with Crippen LogP contribution < -0.4 is 15.1 Å². The molecule has 5 heteroatoms. The van der Waals surface area contributed by atoms with Gasteiger partial charge < -0.3 is 19.0 Å². The average Bonchev–Trinajstić information content (AvgIpc) is 2.47. The molecule has 0 aliphatic heterocycles. The van der Waals surface area contributed by atoms with Crippen LogP contribution in [0.5, 0.6) is 11.5 Å². The predicted molar refractivity (Wildman–Crippen MR) is 80.1 cm³/mol. The third-order valence-electron chi connectivity index (χ3n) is 3.34. The number of aliphatic hydroxyl groups excluding tert-OH is 1. The summed E-state index contributed by atoms with van der Waals surface area (Å²) in [6, 6.07) is 4.68. The van der Waals surface area contributed by atoms with Crippen LogP contribution in [-0.2, 0) is 6.42 Å². The lowest BCUT2D eigenvalue weighted by molar-refractivity contribution is 0.210. The van der Waals surface area contributed by atoms with Crippen LogP contribution in [0.15, 0.2) is 39.6 Å². The minimum atomic E-state index is -0.749. The number of ether oxygens (including phenoxy) is 2. The van der Waals surface area contributed by atoms with E-state index in [9.17, 15) is 9.90 Å². The van der Waals surface area contributed by atoms with Crippen LogP contribution in [0.1, 0.15) is 12.5 Å². The molecule has 0 amide bonds. The zero-order valence-corrected chi connectivity index (χ0v) is 12.3. The number of fused-ring (bicyclic) bond motifs is 1. The topological polar surface area (TPSA) is 68.9 Å². The highest BCUT2D eigenvalue weighted by Gasteiger charge is 2.19. The monoisotopic (exact) mass is 290 g/mol. The third-order valence-corrected chi connectivity index (χ3v) is 3.34. The lowest BCUT2D eigenvalue weighted by Gasteiger charge is -2.16. The van der Waals surface area contributed by atoms with Gasteiger partial charge in [-0.1, -0.05) is 12.2 Å². The first-order chi connectivity index (χ1) is 9.97. The molecular weight excluding hydrogens is 272 g/mol. The number of rotatable bonds is 5. The summed E-state index contributed by atoms with van der Waals surface area (Å²) >= 11 is 0. The molecule has 0 saturated heterocycles. The number of benzene rings is 1. The lowest BCUT2D eigenvalue weighted by Crippen LogP contribution is -2.13. The molecule has 0 bridgehead atoms. The van der Waals surface area contributed by atoms with Crippen LogP contribution >= 0.6 is 0 Å². The molecule has 1 N–H and O–H groups in total. The maximum absolute atomic E-state index is 11.5. The molecule has 0 spiro atoms. The van der Waals surface area contributed by atoms with Crippen molar-refractivity contribution < 1.29 is 19.0 Å². The Hall–Kier alpha value is -2.27. The summed E-state index contributed by atoms with van der Waals surface area (Å²) in [6.07, 6.45) is -0.507. The zero-order chi connectivity index (χ0) is 15.6. The Morgan fingerprint density at radius 2 is 2.00 bits per heavy atom. The van der Waals surface area contributed by atoms with Gasteiger partial charge in [-0.05, 0) is 13.0 Å². The van der Waals surface area contributed by atoms with Crippen LogP contribution in [0.4, 0.5) is 0 Å². The minimum absolute atomic E-state index is 0.242. The molecule has 1 atom stereocenters. The maximum Gasteiger partial charge on any atom is 0.336 e. The Bertz CT molecular complexity index is 729. The molecule has 5 nitrogen and oxygen atoms in total. The first kappa shape index (κ1) is 15.1. The first-order valence-corrected chi connectivity index (χ1v) is 6.49. The van der Waals surface area contributed by atoms with Crippen molar-refractivity contribution in [3.8, 4) is 11.5 Å². The van der Waals surface area contributed by atoms with E-state index in [0.29, 0.717) is 33.6 Å². The van der Waals surface area contributed by atoms with E-state index >= 15 is 0 Å². The van der Waals surface area contributed by atoms with Gasteiger partial charge >= 0.3 is 5.63 Å². The maximum atomic E-state index is 11.5. The van der Waals surface area contributed by atoms with Crippen molar-refractivity contribution in [2.45, 2.75) is 19.4 Å². The Balaban J connectivity index is 2.73. The molecule has 0 aliphatic rings. The van der Waals surface area contributed by atoms with Gasteiger partial charge in [0, 0.05) is 24.1 Å². The van der Waals surface area contributed by atoms with Gasteiger partial charge in [0.1, 0.15) is 17.1 Å². The molecule has 1 aromatic heterocycles. The summed E-state index contributed by atoms with van der Waals surface area (Å²) in [5.74, 6) is 1.04. The van der Waals surface area contributed by atoms with E-state index in [0.717, 1.165) is 0 Å². The van der Waals surface area contributed by atoms with E-state index in [2.05, 4.69) is 6.58 Å². The summed E-state index contributed by atoms with van der Waals surface area (Å²) in [4.78, 5) is 11.5. The Morgan fingerprint density at radius 1 is 1.33 bits per heavy atom. The lowest BCUT2D eigenvalue weighted by atomic mass is 10.00. The number of hydrogen-bond donors (Lipinski definition) is 1. The van der Waals surface area contributed by atoms with Gasteiger partial charge in [0.05, 0.1) is 25.7 Å². The van der Waals surface area contributed by atoms with Crippen LogP contribution in [0.2, 0.25) is 0 Å². The molecule has 0 fully saturated rings. The second-order valence-electron chi connectivity index (χ2n) is 4.82. The standard InChI is InChI=1S/C16H18O5/c1-9(2)12(17)7-11-14(20-4)8-13(19-3)10-5-6-15(18)21-16(10)11/h5-6,8,12,17H,1,7H2,2-4H3/t12-/m1/s1. The number of hydrogen-bond acceptors (Lipinski definition) is 5. The molecule has 21 heavy (non-hydrogen) atoms. The van der Waals surface area contributed by atoms with E-state index in [4.69, 9.17) is 13.9 Å². The first-order valence-electron chi connectivity index (χ1n) is 6.49. The van der Waals surface area contributed by atoms with Crippen molar-refractivity contribution in [3.05, 3.63) is 46.3 Å². The summed E-state index contributed by atoms with van der Waals surface area (Å²) < 4.78 is 15.9. The normalized spacial score (nSPS) is 12.2. The van der Waals surface area contributed by atoms with Gasteiger partial charge in [0.15, 0.2) is 0 Å².